The minimum atomic E-state index is -1.44. The predicted octanol–water partition coefficient (Wildman–Crippen LogP) is 1.68. The molecule has 13 heteroatoms. The van der Waals surface area contributed by atoms with Crippen molar-refractivity contribution < 1.29 is 28.9 Å². The fourth-order valence-corrected chi connectivity index (χ4v) is 4.99. The van der Waals surface area contributed by atoms with Crippen LogP contribution in [-0.4, -0.2) is 112 Å². The van der Waals surface area contributed by atoms with Gasteiger partial charge < -0.3 is 34.8 Å². The highest BCUT2D eigenvalue weighted by Crippen LogP contribution is 2.30. The third-order valence-electron chi connectivity index (χ3n) is 7.31. The molecule has 0 saturated carbocycles. The summed E-state index contributed by atoms with van der Waals surface area (Å²) in [6, 6.07) is 7.03. The first-order chi connectivity index (χ1) is 20.4. The van der Waals surface area contributed by atoms with Crippen LogP contribution in [0.4, 0.5) is 10.3 Å². The van der Waals surface area contributed by atoms with Gasteiger partial charge in [-0.05, 0) is 37.6 Å². The quantitative estimate of drug-likeness (QED) is 0.437. The van der Waals surface area contributed by atoms with Crippen molar-refractivity contribution in [1.82, 2.24) is 24.8 Å². The van der Waals surface area contributed by atoms with Crippen molar-refractivity contribution in [1.29, 1.82) is 5.26 Å². The van der Waals surface area contributed by atoms with Crippen LogP contribution in [-0.2, 0) is 9.53 Å². The van der Waals surface area contributed by atoms with Crippen LogP contribution in [0, 0.1) is 11.3 Å². The Labute approximate surface area is 244 Å². The molecule has 0 bridgehead atoms. The number of benzene rings is 1. The molecule has 2 fully saturated rings. The van der Waals surface area contributed by atoms with Gasteiger partial charge in [0.15, 0.2) is 12.0 Å². The number of morpholine rings is 1. The number of aliphatic hydroxyl groups excluding tert-OH is 2. The van der Waals surface area contributed by atoms with E-state index in [0.717, 1.165) is 39.8 Å². The standard InChI is InChI=1S/C28H32FN7O4.CH4O/c1-28(7-4-21(5-8-28)35-10-12-39-13-11-35)34-27-32-18-31-26(33-27)19-2-3-23(20(14-19)15-30)40-24-6-9-36(16-22(24)29)25(38)17-37;1-2/h2-5,7,14,18,22,24,37H,6,8-13,16-17H2,1H3,(H,31,32,33,34);2H,1H3/t22-,24?,28?;/m1./s1. The van der Waals surface area contributed by atoms with Gasteiger partial charge >= 0.3 is 0 Å². The van der Waals surface area contributed by atoms with E-state index in [2.05, 4.69) is 56.4 Å². The SMILES string of the molecule is CC1(Nc2ncnc(-c3ccc(OC4CCN(C(=O)CO)C[C@H]4F)c(C#N)c3)n2)C=CC(N2CCOCC2)=CC1.CO. The topological polar surface area (TPSA) is 157 Å². The number of hydrogen-bond donors (Lipinski definition) is 3. The lowest BCUT2D eigenvalue weighted by molar-refractivity contribution is -0.138. The number of piperidine rings is 1. The molecule has 3 atom stereocenters. The molecule has 2 unspecified atom stereocenters. The van der Waals surface area contributed by atoms with E-state index in [9.17, 15) is 14.4 Å². The number of carbonyl (C=O) groups excluding carboxylic acids is 1. The fourth-order valence-electron chi connectivity index (χ4n) is 4.99. The zero-order chi connectivity index (χ0) is 30.1. The number of nitrogens with zero attached hydrogens (tertiary/aromatic N) is 6. The molecule has 5 rings (SSSR count). The number of nitriles is 1. The molecule has 2 saturated heterocycles. The Bertz CT molecular complexity index is 1340. The van der Waals surface area contributed by atoms with Gasteiger partial charge in [0.25, 0.3) is 0 Å². The van der Waals surface area contributed by atoms with E-state index in [0.29, 0.717) is 17.3 Å². The van der Waals surface area contributed by atoms with Crippen LogP contribution >= 0.6 is 0 Å². The Kier molecular flexibility index (Phi) is 10.4. The second-order valence-corrected chi connectivity index (χ2v) is 10.2. The smallest absolute Gasteiger partial charge is 0.248 e. The van der Waals surface area contributed by atoms with Crippen LogP contribution < -0.4 is 10.1 Å². The number of aromatic nitrogens is 3. The van der Waals surface area contributed by atoms with Crippen molar-refractivity contribution in [3.05, 3.63) is 54.0 Å². The molecule has 2 aliphatic heterocycles. The van der Waals surface area contributed by atoms with Gasteiger partial charge in [0, 0.05) is 44.4 Å². The van der Waals surface area contributed by atoms with Gasteiger partial charge in [-0.25, -0.2) is 14.4 Å². The van der Waals surface area contributed by atoms with E-state index < -0.39 is 24.8 Å². The number of alkyl halides is 1. The molecule has 1 amide bonds. The number of rotatable bonds is 7. The van der Waals surface area contributed by atoms with E-state index >= 15 is 0 Å². The number of halogens is 1. The highest BCUT2D eigenvalue weighted by atomic mass is 19.1. The first-order valence-electron chi connectivity index (χ1n) is 13.8. The second kappa shape index (κ2) is 14.2. The van der Waals surface area contributed by atoms with Crippen LogP contribution in [0.5, 0.6) is 5.75 Å². The molecule has 2 aromatic rings. The first kappa shape index (κ1) is 30.8. The molecule has 3 N–H and O–H groups in total. The number of anilines is 1. The average molecular weight is 582 g/mol. The van der Waals surface area contributed by atoms with E-state index in [1.54, 1.807) is 18.2 Å². The first-order valence-corrected chi connectivity index (χ1v) is 13.8. The van der Waals surface area contributed by atoms with Crippen LogP contribution in [0.3, 0.4) is 0 Å². The Morgan fingerprint density at radius 3 is 2.74 bits per heavy atom. The van der Waals surface area contributed by atoms with Crippen molar-refractivity contribution in [2.45, 2.75) is 37.6 Å². The number of ether oxygens (including phenoxy) is 2. The zero-order valence-corrected chi connectivity index (χ0v) is 23.7. The van der Waals surface area contributed by atoms with Crippen molar-refractivity contribution in [3.63, 3.8) is 0 Å². The lowest BCUT2D eigenvalue weighted by atomic mass is 9.92. The van der Waals surface area contributed by atoms with Gasteiger partial charge in [-0.1, -0.05) is 12.2 Å². The Balaban J connectivity index is 0.00000198. The number of allylic oxidation sites excluding steroid dienone is 1. The molecule has 3 heterocycles. The Hall–Kier alpha value is -4.12. The lowest BCUT2D eigenvalue weighted by Crippen LogP contribution is -2.50. The van der Waals surface area contributed by atoms with Crippen molar-refractivity contribution in [3.8, 4) is 23.2 Å². The van der Waals surface area contributed by atoms with Gasteiger partial charge in [-0.15, -0.1) is 0 Å². The maximum absolute atomic E-state index is 14.7. The van der Waals surface area contributed by atoms with Crippen LogP contribution in [0.2, 0.25) is 0 Å². The average Bonchev–Trinajstić information content (AvgIpc) is 3.03. The van der Waals surface area contributed by atoms with E-state index in [1.807, 2.05) is 0 Å². The predicted molar refractivity (Wildman–Crippen MR) is 152 cm³/mol. The molecular weight excluding hydrogens is 545 g/mol. The van der Waals surface area contributed by atoms with Crippen LogP contribution in [0.25, 0.3) is 11.4 Å². The minimum Gasteiger partial charge on any atom is -0.486 e. The highest BCUT2D eigenvalue weighted by molar-refractivity contribution is 5.77. The number of aliphatic hydroxyl groups is 2. The maximum Gasteiger partial charge on any atom is 0.248 e. The maximum atomic E-state index is 14.7. The van der Waals surface area contributed by atoms with Gasteiger partial charge in [0.1, 0.15) is 30.9 Å². The lowest BCUT2D eigenvalue weighted by Gasteiger charge is -2.35. The monoisotopic (exact) mass is 581 g/mol. The Morgan fingerprint density at radius 1 is 1.29 bits per heavy atom. The summed E-state index contributed by atoms with van der Waals surface area (Å²) in [6.07, 6.45) is 6.60. The summed E-state index contributed by atoms with van der Waals surface area (Å²) in [4.78, 5) is 28.4. The zero-order valence-electron chi connectivity index (χ0n) is 23.7. The molecule has 12 nitrogen and oxygen atoms in total. The third-order valence-corrected chi connectivity index (χ3v) is 7.31. The van der Waals surface area contributed by atoms with Crippen LogP contribution in [0.1, 0.15) is 25.3 Å². The van der Waals surface area contributed by atoms with E-state index in [-0.39, 0.29) is 36.4 Å². The fraction of sp³-hybridized carbons (Fsp3) is 0.483. The summed E-state index contributed by atoms with van der Waals surface area (Å²) >= 11 is 0. The number of hydrogen-bond acceptors (Lipinski definition) is 11. The van der Waals surface area contributed by atoms with E-state index in [4.69, 9.17) is 19.7 Å². The summed E-state index contributed by atoms with van der Waals surface area (Å²) in [5, 5.41) is 29.2. The van der Waals surface area contributed by atoms with Gasteiger partial charge in [-0.3, -0.25) is 4.79 Å². The highest BCUT2D eigenvalue weighted by Gasteiger charge is 2.33. The molecule has 1 aromatic carbocycles. The Morgan fingerprint density at radius 2 is 2.07 bits per heavy atom. The molecule has 3 aliphatic rings. The van der Waals surface area contributed by atoms with Gasteiger partial charge in [0.2, 0.25) is 11.9 Å². The summed E-state index contributed by atoms with van der Waals surface area (Å²) in [5.41, 5.74) is 1.61. The van der Waals surface area contributed by atoms with Gasteiger partial charge in [-0.2, -0.15) is 10.2 Å². The van der Waals surface area contributed by atoms with Crippen molar-refractivity contribution in [2.75, 3.05) is 58.4 Å². The summed E-state index contributed by atoms with van der Waals surface area (Å²) < 4.78 is 26.0. The van der Waals surface area contributed by atoms with Crippen molar-refractivity contribution >= 4 is 11.9 Å². The summed E-state index contributed by atoms with van der Waals surface area (Å²) in [5.74, 6) is 0.518. The molecule has 1 aliphatic carbocycles. The molecule has 0 spiro atoms. The summed E-state index contributed by atoms with van der Waals surface area (Å²) in [7, 11) is 1.00. The molecule has 0 radical (unpaired) electrons. The van der Waals surface area contributed by atoms with Gasteiger partial charge in [0.05, 0.1) is 30.9 Å². The number of amides is 1. The number of likely N-dealkylation sites (tertiary alicyclic amines) is 1. The van der Waals surface area contributed by atoms with Crippen LogP contribution in [0.15, 0.2) is 48.5 Å². The normalized spacial score (nSPS) is 23.7. The van der Waals surface area contributed by atoms with Crippen molar-refractivity contribution in [2.24, 2.45) is 0 Å². The largest absolute Gasteiger partial charge is 0.486 e. The third kappa shape index (κ3) is 7.39. The molecule has 42 heavy (non-hydrogen) atoms. The number of carbonyl (C=O) groups is 1. The second-order valence-electron chi connectivity index (χ2n) is 10.2. The molecule has 224 valence electrons. The molecule has 1 aromatic heterocycles. The molecular formula is C29H36FN7O5. The minimum absolute atomic E-state index is 0.164. The number of nitrogens with one attached hydrogen (secondary N) is 1. The van der Waals surface area contributed by atoms with E-state index in [1.165, 1.54) is 16.9 Å². The summed E-state index contributed by atoms with van der Waals surface area (Å²) in [6.45, 7) is 4.75.